The first kappa shape index (κ1) is 19.8. The number of rotatable bonds is 9. The highest BCUT2D eigenvalue weighted by molar-refractivity contribution is 5.84. The molecule has 1 heterocycles. The van der Waals surface area contributed by atoms with Gasteiger partial charge in [-0.25, -0.2) is 9.97 Å². The van der Waals surface area contributed by atoms with Crippen molar-refractivity contribution in [3.8, 4) is 16.9 Å². The zero-order chi connectivity index (χ0) is 19.8. The maximum Gasteiger partial charge on any atom is 0.152 e. The van der Waals surface area contributed by atoms with Crippen LogP contribution in [-0.2, 0) is 0 Å². The highest BCUT2D eigenvalue weighted by Crippen LogP contribution is 2.25. The van der Waals surface area contributed by atoms with Crippen LogP contribution in [-0.4, -0.2) is 27.8 Å². The summed E-state index contributed by atoms with van der Waals surface area (Å²) in [6.45, 7) is 5.98. The predicted octanol–water partition coefficient (Wildman–Crippen LogP) is 5.43. The van der Waals surface area contributed by atoms with E-state index in [0.717, 1.165) is 47.0 Å². The van der Waals surface area contributed by atoms with Crippen LogP contribution >= 0.6 is 0 Å². The molecule has 1 atom stereocenters. The molecule has 28 heavy (non-hydrogen) atoms. The van der Waals surface area contributed by atoms with E-state index in [1.54, 1.807) is 6.08 Å². The molecule has 0 spiro atoms. The molecule has 3 aromatic rings. The van der Waals surface area contributed by atoms with Crippen molar-refractivity contribution in [2.75, 3.05) is 6.61 Å². The number of benzene rings is 2. The smallest absolute Gasteiger partial charge is 0.152 e. The summed E-state index contributed by atoms with van der Waals surface area (Å²) in [5.41, 5.74) is 3.16. The van der Waals surface area contributed by atoms with Crippen LogP contribution in [0.15, 0.2) is 67.4 Å². The molecule has 0 saturated heterocycles. The van der Waals surface area contributed by atoms with Gasteiger partial charge in [-0.2, -0.15) is 0 Å². The highest BCUT2D eigenvalue weighted by atomic mass is 16.5. The molecule has 0 radical (unpaired) electrons. The second kappa shape index (κ2) is 9.81. The zero-order valence-corrected chi connectivity index (χ0v) is 16.2. The number of aliphatic hydroxyl groups excluding tert-OH is 1. The Bertz CT molecular complexity index is 946. The zero-order valence-electron chi connectivity index (χ0n) is 16.2. The maximum absolute atomic E-state index is 9.28. The third-order valence-electron chi connectivity index (χ3n) is 4.41. The number of ether oxygens (including phenoxy) is 1. The van der Waals surface area contributed by atoms with Crippen molar-refractivity contribution in [2.24, 2.45) is 0 Å². The van der Waals surface area contributed by atoms with Gasteiger partial charge < -0.3 is 9.84 Å². The topological polar surface area (TPSA) is 55.2 Å². The molecule has 4 heteroatoms. The van der Waals surface area contributed by atoms with Crippen LogP contribution in [0.1, 0.15) is 32.0 Å². The minimum Gasteiger partial charge on any atom is -0.490 e. The molecule has 2 aromatic carbocycles. The summed E-state index contributed by atoms with van der Waals surface area (Å²) in [4.78, 5) is 9.06. The van der Waals surface area contributed by atoms with Crippen LogP contribution < -0.4 is 4.74 Å². The highest BCUT2D eigenvalue weighted by Gasteiger charge is 2.03. The van der Waals surface area contributed by atoms with Gasteiger partial charge in [-0.15, -0.1) is 0 Å². The number of allylic oxidation sites excluding steroid dienone is 1. The summed E-state index contributed by atoms with van der Waals surface area (Å²) in [5, 5.41) is 10.3. The number of hydrogen-bond donors (Lipinski definition) is 1. The van der Waals surface area contributed by atoms with Crippen LogP contribution in [0.5, 0.6) is 5.75 Å². The molecule has 0 amide bonds. The van der Waals surface area contributed by atoms with Gasteiger partial charge in [0, 0.05) is 11.6 Å². The van der Waals surface area contributed by atoms with Gasteiger partial charge in [0.15, 0.2) is 5.82 Å². The van der Waals surface area contributed by atoms with Crippen molar-refractivity contribution in [1.82, 2.24) is 9.97 Å². The SMILES string of the molecule is C=CCOc1ccc(-c2ccc3nc(/C=C/CCCC(C)O)ncc3c2)cc1. The molecule has 0 aliphatic heterocycles. The van der Waals surface area contributed by atoms with Crippen LogP contribution in [0.4, 0.5) is 0 Å². The van der Waals surface area contributed by atoms with Gasteiger partial charge in [0.1, 0.15) is 12.4 Å². The normalized spacial score (nSPS) is 12.4. The van der Waals surface area contributed by atoms with Crippen LogP contribution in [0.3, 0.4) is 0 Å². The Morgan fingerprint density at radius 1 is 1.14 bits per heavy atom. The summed E-state index contributed by atoms with van der Waals surface area (Å²) in [5.74, 6) is 1.54. The maximum atomic E-state index is 9.28. The average molecular weight is 374 g/mol. The first-order chi connectivity index (χ1) is 13.7. The summed E-state index contributed by atoms with van der Waals surface area (Å²) < 4.78 is 5.53. The number of aliphatic hydroxyl groups is 1. The van der Waals surface area contributed by atoms with E-state index in [4.69, 9.17) is 4.74 Å². The van der Waals surface area contributed by atoms with E-state index in [-0.39, 0.29) is 6.10 Å². The van der Waals surface area contributed by atoms with Gasteiger partial charge >= 0.3 is 0 Å². The minimum absolute atomic E-state index is 0.240. The molecule has 4 nitrogen and oxygen atoms in total. The van der Waals surface area contributed by atoms with Crippen molar-refractivity contribution < 1.29 is 9.84 Å². The predicted molar refractivity (Wildman–Crippen MR) is 115 cm³/mol. The largest absolute Gasteiger partial charge is 0.490 e. The van der Waals surface area contributed by atoms with Gasteiger partial charge in [0.2, 0.25) is 0 Å². The molecule has 0 fully saturated rings. The fourth-order valence-corrected chi connectivity index (χ4v) is 2.93. The fraction of sp³-hybridized carbons (Fsp3) is 0.250. The second-order valence-electron chi connectivity index (χ2n) is 6.81. The van der Waals surface area contributed by atoms with Crippen LogP contribution in [0.2, 0.25) is 0 Å². The van der Waals surface area contributed by atoms with Crippen molar-refractivity contribution in [3.63, 3.8) is 0 Å². The number of hydrogen-bond acceptors (Lipinski definition) is 4. The number of nitrogens with zero attached hydrogens (tertiary/aromatic N) is 2. The molecule has 1 aromatic heterocycles. The van der Waals surface area contributed by atoms with Gasteiger partial charge in [0.25, 0.3) is 0 Å². The Hall–Kier alpha value is -2.98. The lowest BCUT2D eigenvalue weighted by atomic mass is 10.0. The van der Waals surface area contributed by atoms with Gasteiger partial charge in [0.05, 0.1) is 11.6 Å². The molecule has 0 aliphatic rings. The van der Waals surface area contributed by atoms with E-state index in [2.05, 4.69) is 34.8 Å². The van der Waals surface area contributed by atoms with Crippen LogP contribution in [0, 0.1) is 0 Å². The van der Waals surface area contributed by atoms with Crippen molar-refractivity contribution in [2.45, 2.75) is 32.3 Å². The Morgan fingerprint density at radius 2 is 1.93 bits per heavy atom. The minimum atomic E-state index is -0.240. The summed E-state index contributed by atoms with van der Waals surface area (Å²) in [6, 6.07) is 14.2. The molecular weight excluding hydrogens is 348 g/mol. The summed E-state index contributed by atoms with van der Waals surface area (Å²) in [7, 11) is 0. The molecule has 1 unspecified atom stereocenters. The van der Waals surface area contributed by atoms with Gasteiger partial charge in [-0.05, 0) is 67.7 Å². The Labute approximate surface area is 166 Å². The first-order valence-corrected chi connectivity index (χ1v) is 9.61. The van der Waals surface area contributed by atoms with Gasteiger partial charge in [-0.3, -0.25) is 0 Å². The van der Waals surface area contributed by atoms with E-state index in [9.17, 15) is 5.11 Å². The third kappa shape index (κ3) is 5.51. The van der Waals surface area contributed by atoms with Crippen LogP contribution in [0.25, 0.3) is 28.1 Å². The summed E-state index contributed by atoms with van der Waals surface area (Å²) >= 11 is 0. The lowest BCUT2D eigenvalue weighted by Gasteiger charge is -2.07. The van der Waals surface area contributed by atoms with Crippen molar-refractivity contribution in [3.05, 3.63) is 73.2 Å². The number of aromatic nitrogens is 2. The monoisotopic (exact) mass is 374 g/mol. The quantitative estimate of drug-likeness (QED) is 0.401. The fourth-order valence-electron chi connectivity index (χ4n) is 2.93. The summed E-state index contributed by atoms with van der Waals surface area (Å²) in [6.07, 6.45) is 10.0. The molecule has 0 aliphatic carbocycles. The standard InChI is InChI=1S/C24H26N2O2/c1-3-15-28-22-12-9-19(10-13-22)20-11-14-23-21(16-20)17-25-24(26-23)8-6-4-5-7-18(2)27/h3,6,8-14,16-18,27H,1,4-5,7,15H2,2H3/b8-6+. The van der Waals surface area contributed by atoms with E-state index in [0.29, 0.717) is 12.4 Å². The van der Waals surface area contributed by atoms with E-state index in [1.807, 2.05) is 49.5 Å². The van der Waals surface area contributed by atoms with Crippen molar-refractivity contribution >= 4 is 17.0 Å². The number of unbranched alkanes of at least 4 members (excludes halogenated alkanes) is 1. The average Bonchev–Trinajstić information content (AvgIpc) is 2.71. The first-order valence-electron chi connectivity index (χ1n) is 9.61. The van der Waals surface area contributed by atoms with E-state index in [1.165, 1.54) is 0 Å². The lowest BCUT2D eigenvalue weighted by Crippen LogP contribution is -1.97. The Kier molecular flexibility index (Phi) is 6.93. The van der Waals surface area contributed by atoms with E-state index < -0.39 is 0 Å². The Balaban J connectivity index is 1.70. The molecule has 144 valence electrons. The second-order valence-corrected chi connectivity index (χ2v) is 6.81. The number of fused-ring (bicyclic) bond motifs is 1. The van der Waals surface area contributed by atoms with Gasteiger partial charge in [-0.1, -0.05) is 36.9 Å². The molecule has 1 N–H and O–H groups in total. The molecule has 0 bridgehead atoms. The molecular formula is C24H26N2O2. The lowest BCUT2D eigenvalue weighted by molar-refractivity contribution is 0.182. The van der Waals surface area contributed by atoms with E-state index >= 15 is 0 Å². The molecule has 0 saturated carbocycles. The Morgan fingerprint density at radius 3 is 2.68 bits per heavy atom. The third-order valence-corrected chi connectivity index (χ3v) is 4.41. The molecule has 3 rings (SSSR count). The van der Waals surface area contributed by atoms with Crippen molar-refractivity contribution in [1.29, 1.82) is 0 Å².